The van der Waals surface area contributed by atoms with Gasteiger partial charge in [0.05, 0.1) is 36.8 Å². The zero-order chi connectivity index (χ0) is 16.5. The van der Waals surface area contributed by atoms with Crippen molar-refractivity contribution in [2.45, 2.75) is 18.9 Å². The summed E-state index contributed by atoms with van der Waals surface area (Å²) in [7, 11) is 0. The number of likely N-dealkylation sites (tertiary alicyclic amines) is 1. The molecule has 3 heterocycles. The third-order valence-electron chi connectivity index (χ3n) is 4.84. The average Bonchev–Trinajstić information content (AvgIpc) is 3.21. The molecule has 0 bridgehead atoms. The van der Waals surface area contributed by atoms with Gasteiger partial charge in [-0.1, -0.05) is 0 Å². The molecule has 0 aliphatic carbocycles. The molecule has 0 saturated carbocycles. The maximum atomic E-state index is 13.4. The van der Waals surface area contributed by atoms with Crippen LogP contribution in [0.15, 0.2) is 18.2 Å². The first kappa shape index (κ1) is 15.5. The number of aromatic nitrogens is 2. The van der Waals surface area contributed by atoms with Crippen LogP contribution in [0.5, 0.6) is 0 Å². The average molecular weight is 332 g/mol. The van der Waals surface area contributed by atoms with Crippen molar-refractivity contribution in [3.05, 3.63) is 29.8 Å². The summed E-state index contributed by atoms with van der Waals surface area (Å²) in [6, 6.07) is 4.65. The number of rotatable bonds is 3. The number of carbonyl (C=O) groups excluding carboxylic acids is 1. The van der Waals surface area contributed by atoms with Gasteiger partial charge in [-0.15, -0.1) is 0 Å². The van der Waals surface area contributed by atoms with E-state index in [4.69, 9.17) is 4.74 Å². The SMILES string of the molecule is O=C(CN1CCC[C@H]1c1nc2ccc(F)cc2[nH]1)N1CCOCC1. The van der Waals surface area contributed by atoms with Crippen molar-refractivity contribution in [1.82, 2.24) is 19.8 Å². The van der Waals surface area contributed by atoms with Crippen LogP contribution in [0.3, 0.4) is 0 Å². The molecule has 1 N–H and O–H groups in total. The molecular formula is C17H21FN4O2. The Morgan fingerprint density at radius 3 is 3.00 bits per heavy atom. The van der Waals surface area contributed by atoms with Crippen LogP contribution in [0.1, 0.15) is 24.7 Å². The number of imidazole rings is 1. The Balaban J connectivity index is 1.50. The number of benzene rings is 1. The van der Waals surface area contributed by atoms with Crippen LogP contribution in [0.25, 0.3) is 11.0 Å². The molecule has 0 radical (unpaired) electrons. The molecule has 2 fully saturated rings. The van der Waals surface area contributed by atoms with E-state index in [0.29, 0.717) is 38.4 Å². The second kappa shape index (κ2) is 6.49. The second-order valence-electron chi connectivity index (χ2n) is 6.41. The number of morpholine rings is 1. The summed E-state index contributed by atoms with van der Waals surface area (Å²) in [6.07, 6.45) is 1.99. The molecule has 2 aliphatic heterocycles. The largest absolute Gasteiger partial charge is 0.378 e. The molecule has 24 heavy (non-hydrogen) atoms. The number of nitrogens with one attached hydrogen (secondary N) is 1. The van der Waals surface area contributed by atoms with E-state index in [0.717, 1.165) is 30.7 Å². The van der Waals surface area contributed by atoms with Gasteiger partial charge in [0.25, 0.3) is 0 Å². The van der Waals surface area contributed by atoms with E-state index in [1.165, 1.54) is 12.1 Å². The number of halogens is 1. The number of hydrogen-bond donors (Lipinski definition) is 1. The zero-order valence-electron chi connectivity index (χ0n) is 13.5. The molecule has 1 aromatic heterocycles. The third-order valence-corrected chi connectivity index (χ3v) is 4.84. The number of aromatic amines is 1. The second-order valence-corrected chi connectivity index (χ2v) is 6.41. The molecule has 1 aromatic carbocycles. The van der Waals surface area contributed by atoms with Gasteiger partial charge in [-0.25, -0.2) is 9.37 Å². The Hall–Kier alpha value is -1.99. The minimum atomic E-state index is -0.275. The maximum absolute atomic E-state index is 13.4. The Bertz CT molecular complexity index is 741. The summed E-state index contributed by atoms with van der Waals surface area (Å²) < 4.78 is 18.7. The lowest BCUT2D eigenvalue weighted by Crippen LogP contribution is -2.45. The van der Waals surface area contributed by atoms with Gasteiger partial charge in [0.1, 0.15) is 11.6 Å². The van der Waals surface area contributed by atoms with Gasteiger partial charge in [0.2, 0.25) is 5.91 Å². The fraction of sp³-hybridized carbons (Fsp3) is 0.529. The van der Waals surface area contributed by atoms with Gasteiger partial charge in [-0.3, -0.25) is 9.69 Å². The van der Waals surface area contributed by atoms with Crippen molar-refractivity contribution in [1.29, 1.82) is 0 Å². The Labute approximate surface area is 139 Å². The molecule has 1 atom stereocenters. The molecule has 4 rings (SSSR count). The lowest BCUT2D eigenvalue weighted by molar-refractivity contribution is -0.136. The van der Waals surface area contributed by atoms with Crippen molar-refractivity contribution in [3.63, 3.8) is 0 Å². The first-order valence-electron chi connectivity index (χ1n) is 8.45. The Morgan fingerprint density at radius 2 is 2.17 bits per heavy atom. The number of nitrogens with zero attached hydrogens (tertiary/aromatic N) is 3. The van der Waals surface area contributed by atoms with Crippen molar-refractivity contribution in [2.75, 3.05) is 39.4 Å². The first-order chi connectivity index (χ1) is 11.7. The summed E-state index contributed by atoms with van der Waals surface area (Å²) in [5.74, 6) is 0.693. The molecule has 6 nitrogen and oxygen atoms in total. The van der Waals surface area contributed by atoms with Crippen LogP contribution in [-0.2, 0) is 9.53 Å². The molecular weight excluding hydrogens is 311 g/mol. The lowest BCUT2D eigenvalue weighted by atomic mass is 10.2. The molecule has 1 amide bonds. The van der Waals surface area contributed by atoms with Crippen molar-refractivity contribution in [2.24, 2.45) is 0 Å². The van der Waals surface area contributed by atoms with Gasteiger partial charge < -0.3 is 14.6 Å². The number of fused-ring (bicyclic) bond motifs is 1. The number of amides is 1. The van der Waals surface area contributed by atoms with E-state index < -0.39 is 0 Å². The van der Waals surface area contributed by atoms with Crippen LogP contribution in [0, 0.1) is 5.82 Å². The summed E-state index contributed by atoms with van der Waals surface area (Å²) in [4.78, 5) is 24.4. The van der Waals surface area contributed by atoms with E-state index in [2.05, 4.69) is 14.9 Å². The van der Waals surface area contributed by atoms with Crippen LogP contribution in [0.4, 0.5) is 4.39 Å². The molecule has 128 valence electrons. The highest BCUT2D eigenvalue weighted by Crippen LogP contribution is 2.31. The van der Waals surface area contributed by atoms with E-state index in [1.54, 1.807) is 6.07 Å². The zero-order valence-corrected chi connectivity index (χ0v) is 13.5. The minimum Gasteiger partial charge on any atom is -0.378 e. The van der Waals surface area contributed by atoms with Gasteiger partial charge in [0, 0.05) is 13.1 Å². The summed E-state index contributed by atoms with van der Waals surface area (Å²) in [5.41, 5.74) is 1.47. The maximum Gasteiger partial charge on any atom is 0.236 e. The predicted molar refractivity (Wildman–Crippen MR) is 87.0 cm³/mol. The fourth-order valence-electron chi connectivity index (χ4n) is 3.57. The van der Waals surface area contributed by atoms with E-state index in [1.807, 2.05) is 4.90 Å². The number of ether oxygens (including phenoxy) is 1. The molecule has 2 saturated heterocycles. The van der Waals surface area contributed by atoms with Gasteiger partial charge >= 0.3 is 0 Å². The molecule has 7 heteroatoms. The van der Waals surface area contributed by atoms with Crippen LogP contribution in [-0.4, -0.2) is 65.1 Å². The molecule has 2 aliphatic rings. The highest BCUT2D eigenvalue weighted by atomic mass is 19.1. The van der Waals surface area contributed by atoms with Gasteiger partial charge in [0.15, 0.2) is 0 Å². The number of carbonyl (C=O) groups is 1. The van der Waals surface area contributed by atoms with Crippen molar-refractivity contribution in [3.8, 4) is 0 Å². The van der Waals surface area contributed by atoms with E-state index in [9.17, 15) is 9.18 Å². The van der Waals surface area contributed by atoms with E-state index in [-0.39, 0.29) is 17.8 Å². The monoisotopic (exact) mass is 332 g/mol. The van der Waals surface area contributed by atoms with Crippen LogP contribution < -0.4 is 0 Å². The van der Waals surface area contributed by atoms with E-state index >= 15 is 0 Å². The Kier molecular flexibility index (Phi) is 4.20. The van der Waals surface area contributed by atoms with Crippen LogP contribution in [0.2, 0.25) is 0 Å². The molecule has 0 spiro atoms. The van der Waals surface area contributed by atoms with Crippen molar-refractivity contribution < 1.29 is 13.9 Å². The van der Waals surface area contributed by atoms with Crippen LogP contribution >= 0.6 is 0 Å². The summed E-state index contributed by atoms with van der Waals surface area (Å²) in [6.45, 7) is 3.85. The molecule has 2 aromatic rings. The number of H-pyrrole nitrogens is 1. The Morgan fingerprint density at radius 1 is 1.33 bits per heavy atom. The highest BCUT2D eigenvalue weighted by molar-refractivity contribution is 5.78. The lowest BCUT2D eigenvalue weighted by Gasteiger charge is -2.30. The first-order valence-corrected chi connectivity index (χ1v) is 8.45. The minimum absolute atomic E-state index is 0.0884. The quantitative estimate of drug-likeness (QED) is 0.929. The normalized spacial score (nSPS) is 22.4. The fourth-order valence-corrected chi connectivity index (χ4v) is 3.57. The van der Waals surface area contributed by atoms with Gasteiger partial charge in [-0.05, 0) is 37.6 Å². The standard InChI is InChI=1S/C17H21FN4O2/c18-12-3-4-13-14(10-12)20-17(19-13)15-2-1-5-22(15)11-16(23)21-6-8-24-9-7-21/h3-4,10,15H,1-2,5-9,11H2,(H,19,20)/t15-/m0/s1. The number of hydrogen-bond acceptors (Lipinski definition) is 4. The highest BCUT2D eigenvalue weighted by Gasteiger charge is 2.31. The smallest absolute Gasteiger partial charge is 0.236 e. The summed E-state index contributed by atoms with van der Waals surface area (Å²) >= 11 is 0. The molecule has 0 unspecified atom stereocenters. The predicted octanol–water partition coefficient (Wildman–Crippen LogP) is 1.70. The van der Waals surface area contributed by atoms with Crippen molar-refractivity contribution >= 4 is 16.9 Å². The van der Waals surface area contributed by atoms with Gasteiger partial charge in [-0.2, -0.15) is 0 Å². The third kappa shape index (κ3) is 3.01. The topological polar surface area (TPSA) is 61.5 Å². The summed E-state index contributed by atoms with van der Waals surface area (Å²) in [5, 5.41) is 0.